The molecule has 1 N–H and O–H groups in total. The molecule has 0 bridgehead atoms. The van der Waals surface area contributed by atoms with E-state index in [2.05, 4.69) is 21.2 Å². The molecule has 110 valence electrons. The lowest BCUT2D eigenvalue weighted by atomic mass is 10.1. The first-order chi connectivity index (χ1) is 10.1. The van der Waals surface area contributed by atoms with E-state index in [9.17, 15) is 4.79 Å². The number of carbonyl (C=O) groups is 1. The Bertz CT molecular complexity index is 643. The van der Waals surface area contributed by atoms with E-state index in [1.54, 1.807) is 26.4 Å². The molecule has 0 fully saturated rings. The maximum absolute atomic E-state index is 12.2. The van der Waals surface area contributed by atoms with Gasteiger partial charge < -0.3 is 14.8 Å². The summed E-state index contributed by atoms with van der Waals surface area (Å²) in [6.07, 6.45) is 0. The van der Waals surface area contributed by atoms with E-state index >= 15 is 0 Å². The summed E-state index contributed by atoms with van der Waals surface area (Å²) in [5.74, 6) is 1.12. The Morgan fingerprint density at radius 1 is 1.14 bits per heavy atom. The van der Waals surface area contributed by atoms with Gasteiger partial charge >= 0.3 is 0 Å². The van der Waals surface area contributed by atoms with Crippen molar-refractivity contribution in [2.45, 2.75) is 6.54 Å². The van der Waals surface area contributed by atoms with E-state index in [0.717, 1.165) is 15.8 Å². The molecule has 2 rings (SSSR count). The standard InChI is InChI=1S/C16H16BrNO3/c1-20-13-5-3-4-11(8-13)10-18-16(19)14-7-6-12(17)9-15(14)21-2/h3-9H,10H2,1-2H3,(H,18,19). The number of carbonyl (C=O) groups excluding carboxylic acids is 1. The number of benzene rings is 2. The molecule has 0 spiro atoms. The molecule has 4 nitrogen and oxygen atoms in total. The lowest BCUT2D eigenvalue weighted by Crippen LogP contribution is -2.23. The van der Waals surface area contributed by atoms with Gasteiger partial charge in [-0.15, -0.1) is 0 Å². The lowest BCUT2D eigenvalue weighted by molar-refractivity contribution is 0.0948. The van der Waals surface area contributed by atoms with Gasteiger partial charge in [-0.3, -0.25) is 4.79 Å². The maximum atomic E-state index is 12.2. The molecule has 0 aliphatic rings. The highest BCUT2D eigenvalue weighted by Crippen LogP contribution is 2.23. The van der Waals surface area contributed by atoms with Crippen LogP contribution in [0.5, 0.6) is 11.5 Å². The monoisotopic (exact) mass is 349 g/mol. The van der Waals surface area contributed by atoms with Crippen molar-refractivity contribution in [2.75, 3.05) is 14.2 Å². The summed E-state index contributed by atoms with van der Waals surface area (Å²) in [7, 11) is 3.16. The molecule has 0 aliphatic heterocycles. The fourth-order valence-electron chi connectivity index (χ4n) is 1.91. The van der Waals surface area contributed by atoms with Crippen molar-refractivity contribution < 1.29 is 14.3 Å². The van der Waals surface area contributed by atoms with Gasteiger partial charge in [-0.25, -0.2) is 0 Å². The summed E-state index contributed by atoms with van der Waals surface area (Å²) in [6, 6.07) is 12.9. The predicted octanol–water partition coefficient (Wildman–Crippen LogP) is 3.40. The summed E-state index contributed by atoms with van der Waals surface area (Å²) in [5, 5.41) is 2.87. The smallest absolute Gasteiger partial charge is 0.255 e. The maximum Gasteiger partial charge on any atom is 0.255 e. The van der Waals surface area contributed by atoms with Crippen molar-refractivity contribution >= 4 is 21.8 Å². The third-order valence-electron chi connectivity index (χ3n) is 3.00. The van der Waals surface area contributed by atoms with Crippen LogP contribution in [0.2, 0.25) is 0 Å². The van der Waals surface area contributed by atoms with Crippen LogP contribution in [0.25, 0.3) is 0 Å². The molecule has 0 aliphatic carbocycles. The zero-order chi connectivity index (χ0) is 15.2. The van der Waals surface area contributed by atoms with Crippen molar-refractivity contribution in [3.63, 3.8) is 0 Å². The Morgan fingerprint density at radius 3 is 2.67 bits per heavy atom. The molecule has 2 aromatic carbocycles. The highest BCUT2D eigenvalue weighted by Gasteiger charge is 2.12. The topological polar surface area (TPSA) is 47.6 Å². The highest BCUT2D eigenvalue weighted by molar-refractivity contribution is 9.10. The summed E-state index contributed by atoms with van der Waals surface area (Å²) in [5.41, 5.74) is 1.47. The molecule has 1 amide bonds. The van der Waals surface area contributed by atoms with Gasteiger partial charge in [0.25, 0.3) is 5.91 Å². The first kappa shape index (κ1) is 15.4. The summed E-state index contributed by atoms with van der Waals surface area (Å²) >= 11 is 3.35. The summed E-state index contributed by atoms with van der Waals surface area (Å²) < 4.78 is 11.2. The Hall–Kier alpha value is -2.01. The number of halogens is 1. The predicted molar refractivity (Wildman–Crippen MR) is 84.9 cm³/mol. The molecule has 21 heavy (non-hydrogen) atoms. The molecule has 0 atom stereocenters. The highest BCUT2D eigenvalue weighted by atomic mass is 79.9. The number of hydrogen-bond acceptors (Lipinski definition) is 3. The normalized spacial score (nSPS) is 10.0. The Labute approximate surface area is 132 Å². The molecule has 0 heterocycles. The van der Waals surface area contributed by atoms with Crippen LogP contribution in [0.4, 0.5) is 0 Å². The number of nitrogens with one attached hydrogen (secondary N) is 1. The quantitative estimate of drug-likeness (QED) is 0.899. The van der Waals surface area contributed by atoms with Crippen molar-refractivity contribution in [1.29, 1.82) is 0 Å². The van der Waals surface area contributed by atoms with Gasteiger partial charge in [0.05, 0.1) is 19.8 Å². The second-order valence-electron chi connectivity index (χ2n) is 4.38. The van der Waals surface area contributed by atoms with E-state index in [4.69, 9.17) is 9.47 Å². The fourth-order valence-corrected chi connectivity index (χ4v) is 2.25. The molecule has 0 saturated heterocycles. The molecule has 0 radical (unpaired) electrons. The van der Waals surface area contributed by atoms with Crippen molar-refractivity contribution in [1.82, 2.24) is 5.32 Å². The van der Waals surface area contributed by atoms with E-state index in [1.165, 1.54) is 0 Å². The first-order valence-corrected chi connectivity index (χ1v) is 7.18. The molecular formula is C16H16BrNO3. The van der Waals surface area contributed by atoms with Gasteiger partial charge in [-0.1, -0.05) is 28.1 Å². The minimum absolute atomic E-state index is 0.179. The Kier molecular flexibility index (Phi) is 5.22. The Balaban J connectivity index is 2.08. The minimum Gasteiger partial charge on any atom is -0.497 e. The van der Waals surface area contributed by atoms with Crippen LogP contribution < -0.4 is 14.8 Å². The second-order valence-corrected chi connectivity index (χ2v) is 5.29. The Morgan fingerprint density at radius 2 is 1.95 bits per heavy atom. The minimum atomic E-state index is -0.179. The fraction of sp³-hybridized carbons (Fsp3) is 0.188. The first-order valence-electron chi connectivity index (χ1n) is 6.38. The average molecular weight is 350 g/mol. The van der Waals surface area contributed by atoms with Crippen LogP contribution in [0.1, 0.15) is 15.9 Å². The molecule has 2 aromatic rings. The van der Waals surface area contributed by atoms with Crippen LogP contribution in [-0.4, -0.2) is 20.1 Å². The van der Waals surface area contributed by atoms with E-state index in [-0.39, 0.29) is 5.91 Å². The van der Waals surface area contributed by atoms with Crippen LogP contribution in [-0.2, 0) is 6.54 Å². The van der Waals surface area contributed by atoms with Gasteiger partial charge in [-0.05, 0) is 35.9 Å². The summed E-state index contributed by atoms with van der Waals surface area (Å²) in [4.78, 5) is 12.2. The number of rotatable bonds is 5. The van der Waals surface area contributed by atoms with Gasteiger partial charge in [0.1, 0.15) is 11.5 Å². The van der Waals surface area contributed by atoms with Crippen LogP contribution in [0, 0.1) is 0 Å². The number of hydrogen-bond donors (Lipinski definition) is 1. The van der Waals surface area contributed by atoms with Crippen molar-refractivity contribution in [3.05, 3.63) is 58.1 Å². The number of ether oxygens (including phenoxy) is 2. The zero-order valence-electron chi connectivity index (χ0n) is 11.9. The molecule has 0 unspecified atom stereocenters. The third-order valence-corrected chi connectivity index (χ3v) is 3.49. The average Bonchev–Trinajstić information content (AvgIpc) is 2.52. The molecule has 0 saturated carbocycles. The second kappa shape index (κ2) is 7.13. The lowest BCUT2D eigenvalue weighted by Gasteiger charge is -2.10. The van der Waals surface area contributed by atoms with Gasteiger partial charge in [0.2, 0.25) is 0 Å². The number of amides is 1. The SMILES string of the molecule is COc1cccc(CNC(=O)c2ccc(Br)cc2OC)c1. The van der Waals surface area contributed by atoms with Crippen LogP contribution in [0.15, 0.2) is 46.9 Å². The van der Waals surface area contributed by atoms with E-state index < -0.39 is 0 Å². The van der Waals surface area contributed by atoms with E-state index in [0.29, 0.717) is 17.9 Å². The van der Waals surface area contributed by atoms with Crippen LogP contribution >= 0.6 is 15.9 Å². The zero-order valence-corrected chi connectivity index (χ0v) is 13.4. The van der Waals surface area contributed by atoms with Crippen molar-refractivity contribution in [3.8, 4) is 11.5 Å². The van der Waals surface area contributed by atoms with Crippen LogP contribution in [0.3, 0.4) is 0 Å². The van der Waals surface area contributed by atoms with Gasteiger partial charge in [0.15, 0.2) is 0 Å². The van der Waals surface area contributed by atoms with Gasteiger partial charge in [0, 0.05) is 11.0 Å². The molecular weight excluding hydrogens is 334 g/mol. The molecule has 5 heteroatoms. The van der Waals surface area contributed by atoms with Crippen molar-refractivity contribution in [2.24, 2.45) is 0 Å². The molecule has 0 aromatic heterocycles. The van der Waals surface area contributed by atoms with Gasteiger partial charge in [-0.2, -0.15) is 0 Å². The summed E-state index contributed by atoms with van der Waals surface area (Å²) in [6.45, 7) is 0.426. The largest absolute Gasteiger partial charge is 0.497 e. The number of methoxy groups -OCH3 is 2. The van der Waals surface area contributed by atoms with E-state index in [1.807, 2.05) is 30.3 Å². The third kappa shape index (κ3) is 3.98.